The molecule has 0 fully saturated rings. The number of aromatic nitrogens is 1. The fourth-order valence-electron chi connectivity index (χ4n) is 1.47. The minimum absolute atomic E-state index is 0.746. The molecule has 0 unspecified atom stereocenters. The molecule has 3 rings (SSSR count). The SMILES string of the molecule is Nc1csc2sc3ccc(Cl)cc3[n+]12. The Kier molecular flexibility index (Phi) is 1.71. The van der Waals surface area contributed by atoms with Gasteiger partial charge in [-0.2, -0.15) is 4.40 Å². The first kappa shape index (κ1) is 8.47. The number of hydrogen-bond acceptors (Lipinski definition) is 3. The van der Waals surface area contributed by atoms with Crippen LogP contribution in [0.4, 0.5) is 5.82 Å². The van der Waals surface area contributed by atoms with E-state index < -0.39 is 0 Å². The molecule has 5 heteroatoms. The molecule has 0 saturated heterocycles. The molecule has 0 bridgehead atoms. The van der Waals surface area contributed by atoms with Crippen LogP contribution in [0.1, 0.15) is 0 Å². The van der Waals surface area contributed by atoms with E-state index in [1.54, 1.807) is 22.7 Å². The maximum absolute atomic E-state index is 5.95. The molecule has 1 aromatic carbocycles. The number of fused-ring (bicyclic) bond motifs is 3. The van der Waals surface area contributed by atoms with E-state index in [2.05, 4.69) is 0 Å². The molecular weight excluding hydrogens is 236 g/mol. The van der Waals surface area contributed by atoms with Gasteiger partial charge in [0.1, 0.15) is 0 Å². The highest BCUT2D eigenvalue weighted by atomic mass is 35.5. The molecule has 0 amide bonds. The molecule has 0 atom stereocenters. The highest BCUT2D eigenvalue weighted by molar-refractivity contribution is 7.38. The number of nitrogens with zero attached hydrogens (tertiary/aromatic N) is 1. The number of nitrogens with two attached hydrogens (primary N) is 1. The molecule has 0 saturated carbocycles. The standard InChI is InChI=1S/C9H6ClN2S2/c10-5-1-2-7-6(3-5)12-8(11)4-13-9(12)14-7/h1-4H,11H2/q+1. The van der Waals surface area contributed by atoms with Gasteiger partial charge in [-0.1, -0.05) is 34.3 Å². The van der Waals surface area contributed by atoms with Gasteiger partial charge >= 0.3 is 0 Å². The van der Waals surface area contributed by atoms with E-state index >= 15 is 0 Å². The van der Waals surface area contributed by atoms with Gasteiger partial charge in [-0.25, -0.2) is 0 Å². The molecular formula is C9H6ClN2S2+. The van der Waals surface area contributed by atoms with Gasteiger partial charge < -0.3 is 0 Å². The Labute approximate surface area is 93.2 Å². The Morgan fingerprint density at radius 3 is 3.07 bits per heavy atom. The second-order valence-corrected chi connectivity index (χ2v) is 5.56. The Morgan fingerprint density at radius 1 is 1.36 bits per heavy atom. The third-order valence-electron chi connectivity index (χ3n) is 2.08. The number of nitrogen functional groups attached to an aromatic ring is 1. The quantitative estimate of drug-likeness (QED) is 0.603. The first-order valence-electron chi connectivity index (χ1n) is 4.02. The zero-order valence-electron chi connectivity index (χ0n) is 7.03. The normalized spacial score (nSPS) is 11.5. The average Bonchev–Trinajstić information content (AvgIpc) is 2.67. The summed E-state index contributed by atoms with van der Waals surface area (Å²) < 4.78 is 4.45. The van der Waals surface area contributed by atoms with Gasteiger partial charge in [-0.3, -0.25) is 5.73 Å². The van der Waals surface area contributed by atoms with E-state index in [0.29, 0.717) is 0 Å². The van der Waals surface area contributed by atoms with Crippen LogP contribution in [0.25, 0.3) is 14.4 Å². The minimum atomic E-state index is 0.746. The summed E-state index contributed by atoms with van der Waals surface area (Å²) in [6, 6.07) is 5.88. The number of rotatable bonds is 0. The topological polar surface area (TPSA) is 30.1 Å². The van der Waals surface area contributed by atoms with Crippen LogP contribution in [0.3, 0.4) is 0 Å². The zero-order valence-corrected chi connectivity index (χ0v) is 9.42. The van der Waals surface area contributed by atoms with Crippen molar-refractivity contribution in [3.8, 4) is 0 Å². The minimum Gasteiger partial charge on any atom is -0.286 e. The lowest BCUT2D eigenvalue weighted by atomic mass is 10.3. The summed E-state index contributed by atoms with van der Waals surface area (Å²) in [7, 11) is 0. The molecule has 0 radical (unpaired) electrons. The third-order valence-corrected chi connectivity index (χ3v) is 4.52. The van der Waals surface area contributed by atoms with Crippen LogP contribution < -0.4 is 10.1 Å². The monoisotopic (exact) mass is 241 g/mol. The summed E-state index contributed by atoms with van der Waals surface area (Å²) in [5, 5.41) is 2.70. The number of benzene rings is 1. The molecule has 70 valence electrons. The molecule has 0 aliphatic heterocycles. The van der Waals surface area contributed by atoms with Gasteiger partial charge in [-0.15, -0.1) is 0 Å². The molecule has 2 N–H and O–H groups in total. The van der Waals surface area contributed by atoms with E-state index in [1.807, 2.05) is 28.0 Å². The van der Waals surface area contributed by atoms with Crippen LogP contribution in [-0.2, 0) is 0 Å². The first-order valence-corrected chi connectivity index (χ1v) is 6.10. The van der Waals surface area contributed by atoms with Crippen molar-refractivity contribution < 1.29 is 4.40 Å². The predicted molar refractivity (Wildman–Crippen MR) is 62.3 cm³/mol. The summed E-state index contributed by atoms with van der Waals surface area (Å²) in [4.78, 5) is 0. The van der Waals surface area contributed by atoms with Crippen LogP contribution in [-0.4, -0.2) is 0 Å². The van der Waals surface area contributed by atoms with E-state index in [-0.39, 0.29) is 0 Å². The van der Waals surface area contributed by atoms with Crippen LogP contribution in [0, 0.1) is 0 Å². The highest BCUT2D eigenvalue weighted by Gasteiger charge is 2.14. The maximum atomic E-state index is 5.95. The van der Waals surface area contributed by atoms with Crippen LogP contribution in [0.5, 0.6) is 0 Å². The van der Waals surface area contributed by atoms with Crippen LogP contribution in [0.15, 0.2) is 23.6 Å². The maximum Gasteiger partial charge on any atom is 0.289 e. The van der Waals surface area contributed by atoms with Crippen LogP contribution in [0.2, 0.25) is 5.02 Å². The summed E-state index contributed by atoms with van der Waals surface area (Å²) >= 11 is 9.34. The first-order chi connectivity index (χ1) is 6.75. The molecule has 0 aliphatic rings. The number of anilines is 1. The Morgan fingerprint density at radius 2 is 2.21 bits per heavy atom. The fraction of sp³-hybridized carbons (Fsp3) is 0. The third kappa shape index (κ3) is 1.05. The van der Waals surface area contributed by atoms with Crippen molar-refractivity contribution in [1.29, 1.82) is 0 Å². The lowest BCUT2D eigenvalue weighted by Gasteiger charge is -1.88. The largest absolute Gasteiger partial charge is 0.289 e. The molecule has 3 aromatic rings. The summed E-state index contributed by atoms with van der Waals surface area (Å²) in [5.41, 5.74) is 6.97. The van der Waals surface area contributed by atoms with Crippen molar-refractivity contribution in [1.82, 2.24) is 0 Å². The lowest BCUT2D eigenvalue weighted by molar-refractivity contribution is -0.456. The predicted octanol–water partition coefficient (Wildman–Crippen LogP) is 2.94. The highest BCUT2D eigenvalue weighted by Crippen LogP contribution is 2.28. The van der Waals surface area contributed by atoms with E-state index in [1.165, 1.54) is 8.84 Å². The van der Waals surface area contributed by atoms with Crippen molar-refractivity contribution in [2.24, 2.45) is 0 Å². The second kappa shape index (κ2) is 2.82. The molecule has 14 heavy (non-hydrogen) atoms. The van der Waals surface area contributed by atoms with E-state index in [4.69, 9.17) is 17.3 Å². The van der Waals surface area contributed by atoms with Gasteiger partial charge in [0.25, 0.3) is 5.82 Å². The van der Waals surface area contributed by atoms with Crippen LogP contribution >= 0.6 is 34.3 Å². The molecule has 2 heterocycles. The number of thiazole rings is 2. The molecule has 0 spiro atoms. The van der Waals surface area contributed by atoms with Crippen molar-refractivity contribution in [2.45, 2.75) is 0 Å². The van der Waals surface area contributed by atoms with Gasteiger partial charge in [0, 0.05) is 11.1 Å². The van der Waals surface area contributed by atoms with E-state index in [9.17, 15) is 0 Å². The lowest BCUT2D eigenvalue weighted by Crippen LogP contribution is -2.20. The van der Waals surface area contributed by atoms with Crippen molar-refractivity contribution in [2.75, 3.05) is 5.73 Å². The molecule has 0 aliphatic carbocycles. The number of hydrogen-bond donors (Lipinski definition) is 1. The molecule has 2 nitrogen and oxygen atoms in total. The van der Waals surface area contributed by atoms with Crippen molar-refractivity contribution in [3.05, 3.63) is 28.6 Å². The van der Waals surface area contributed by atoms with Gasteiger partial charge in [-0.05, 0) is 12.1 Å². The van der Waals surface area contributed by atoms with Crippen molar-refractivity contribution in [3.63, 3.8) is 0 Å². The number of halogens is 1. The summed E-state index contributed by atoms with van der Waals surface area (Å²) in [6.07, 6.45) is 0. The van der Waals surface area contributed by atoms with Gasteiger partial charge in [0.2, 0.25) is 4.14 Å². The van der Waals surface area contributed by atoms with Crippen molar-refractivity contribution >= 4 is 54.5 Å². The Balaban J connectivity index is 2.61. The molecule has 2 aromatic heterocycles. The average molecular weight is 242 g/mol. The van der Waals surface area contributed by atoms with E-state index in [0.717, 1.165) is 16.4 Å². The smallest absolute Gasteiger partial charge is 0.286 e. The second-order valence-electron chi connectivity index (χ2n) is 2.98. The van der Waals surface area contributed by atoms with Gasteiger partial charge in [0.15, 0.2) is 5.52 Å². The summed E-state index contributed by atoms with van der Waals surface area (Å²) in [6.45, 7) is 0. The Bertz CT molecular complexity index is 626. The Hall–Kier alpha value is -0.840. The van der Waals surface area contributed by atoms with Gasteiger partial charge in [0.05, 0.1) is 10.1 Å². The summed E-state index contributed by atoms with van der Waals surface area (Å²) in [5.74, 6) is 0.776. The fourth-order valence-corrected chi connectivity index (χ4v) is 3.76. The zero-order chi connectivity index (χ0) is 9.71.